The van der Waals surface area contributed by atoms with Crippen molar-refractivity contribution in [2.24, 2.45) is 5.92 Å². The Balaban J connectivity index is 1.27. The standard InChI is InChI=1S/C37H32Cl2F5N3O6/c38-26-17-45-18-27(39)25(26)16-31(23-8-9-30(51-35(41)42)32(15-23)52-36(43)44)50-34(48)24-5-3-4-21(14-24)19-47(29-7-2-1-6-28(29)40)37(49)53-33-20-46-12-10-22(33)11-13-46/h1-9,14-15,17-18,22,31,33,35-36H,10-13,16,19-20H2/t31-,33+/m1/s1. The first-order valence-electron chi connectivity index (χ1n) is 16.5. The highest BCUT2D eigenvalue weighted by molar-refractivity contribution is 6.35. The van der Waals surface area contributed by atoms with Crippen LogP contribution in [0.15, 0.2) is 79.1 Å². The lowest BCUT2D eigenvalue weighted by Gasteiger charge is -2.44. The van der Waals surface area contributed by atoms with Crippen molar-refractivity contribution in [2.75, 3.05) is 24.5 Å². The summed E-state index contributed by atoms with van der Waals surface area (Å²) in [6.45, 7) is -4.44. The second kappa shape index (κ2) is 17.0. The third-order valence-electron chi connectivity index (χ3n) is 9.08. The molecule has 3 aliphatic rings. The van der Waals surface area contributed by atoms with Gasteiger partial charge in [-0.25, -0.2) is 14.0 Å². The first-order chi connectivity index (χ1) is 25.4. The maximum Gasteiger partial charge on any atom is 0.415 e. The van der Waals surface area contributed by atoms with E-state index in [4.69, 9.17) is 32.7 Å². The molecule has 0 saturated carbocycles. The van der Waals surface area contributed by atoms with E-state index < -0.39 is 48.7 Å². The van der Waals surface area contributed by atoms with Gasteiger partial charge in [-0.1, -0.05) is 53.5 Å². The van der Waals surface area contributed by atoms with Crippen molar-refractivity contribution in [1.82, 2.24) is 9.88 Å². The molecule has 0 aliphatic carbocycles. The summed E-state index contributed by atoms with van der Waals surface area (Å²) in [5.74, 6) is -2.74. The third-order valence-corrected chi connectivity index (χ3v) is 9.73. The van der Waals surface area contributed by atoms with Crippen molar-refractivity contribution in [3.05, 3.63) is 117 Å². The normalized spacial score (nSPS) is 18.5. The molecule has 1 amide bonds. The number of carbonyl (C=O) groups excluding carboxylic acids is 2. The number of rotatable bonds is 13. The summed E-state index contributed by atoms with van der Waals surface area (Å²) in [6, 6.07) is 15.0. The number of pyridine rings is 1. The molecule has 2 atom stereocenters. The highest BCUT2D eigenvalue weighted by Gasteiger charge is 2.38. The minimum atomic E-state index is -3.39. The number of amides is 1. The van der Waals surface area contributed by atoms with E-state index >= 15 is 4.39 Å². The van der Waals surface area contributed by atoms with Crippen LogP contribution in [-0.2, 0) is 22.4 Å². The van der Waals surface area contributed by atoms with Gasteiger partial charge in [-0.05, 0) is 84.9 Å². The number of hydrogen-bond donors (Lipinski definition) is 0. The Morgan fingerprint density at radius 3 is 2.25 bits per heavy atom. The van der Waals surface area contributed by atoms with Crippen molar-refractivity contribution in [3.8, 4) is 11.5 Å². The zero-order valence-corrected chi connectivity index (χ0v) is 29.3. The van der Waals surface area contributed by atoms with E-state index in [0.29, 0.717) is 17.7 Å². The Morgan fingerprint density at radius 1 is 0.887 bits per heavy atom. The van der Waals surface area contributed by atoms with Gasteiger partial charge in [0, 0.05) is 25.4 Å². The van der Waals surface area contributed by atoms with Gasteiger partial charge < -0.3 is 18.9 Å². The molecule has 3 aliphatic heterocycles. The predicted molar refractivity (Wildman–Crippen MR) is 184 cm³/mol. The van der Waals surface area contributed by atoms with Crippen molar-refractivity contribution < 1.29 is 50.5 Å². The van der Waals surface area contributed by atoms with Crippen LogP contribution in [0, 0.1) is 11.7 Å². The molecule has 7 rings (SSSR count). The van der Waals surface area contributed by atoms with Crippen molar-refractivity contribution in [1.29, 1.82) is 0 Å². The van der Waals surface area contributed by atoms with Crippen LogP contribution < -0.4 is 14.4 Å². The molecule has 0 unspecified atom stereocenters. The molecule has 0 N–H and O–H groups in total. The Labute approximate surface area is 311 Å². The highest BCUT2D eigenvalue weighted by atomic mass is 35.5. The number of nitrogens with zero attached hydrogens (tertiary/aromatic N) is 3. The van der Waals surface area contributed by atoms with Crippen LogP contribution in [0.5, 0.6) is 11.5 Å². The van der Waals surface area contributed by atoms with Gasteiger partial charge in [0.25, 0.3) is 0 Å². The molecule has 3 fully saturated rings. The maximum absolute atomic E-state index is 15.1. The lowest BCUT2D eigenvalue weighted by atomic mass is 9.86. The predicted octanol–water partition coefficient (Wildman–Crippen LogP) is 9.11. The molecule has 9 nitrogen and oxygen atoms in total. The second-order valence-corrected chi connectivity index (χ2v) is 13.3. The summed E-state index contributed by atoms with van der Waals surface area (Å²) in [4.78, 5) is 34.7. The zero-order chi connectivity index (χ0) is 37.6. The third kappa shape index (κ3) is 9.48. The quantitative estimate of drug-likeness (QED) is 0.0981. The van der Waals surface area contributed by atoms with E-state index in [-0.39, 0.29) is 51.8 Å². The summed E-state index contributed by atoms with van der Waals surface area (Å²) in [6.07, 6.45) is 1.85. The number of piperidine rings is 3. The average molecular weight is 781 g/mol. The molecule has 3 aromatic carbocycles. The number of halogens is 7. The summed E-state index contributed by atoms with van der Waals surface area (Å²) in [7, 11) is 0. The van der Waals surface area contributed by atoms with Crippen molar-refractivity contribution >= 4 is 41.0 Å². The van der Waals surface area contributed by atoms with E-state index in [2.05, 4.69) is 19.4 Å². The lowest BCUT2D eigenvalue weighted by Crippen LogP contribution is -2.53. The van der Waals surface area contributed by atoms with Crippen LogP contribution >= 0.6 is 23.2 Å². The van der Waals surface area contributed by atoms with E-state index in [1.807, 2.05) is 0 Å². The highest BCUT2D eigenvalue weighted by Crippen LogP contribution is 2.37. The van der Waals surface area contributed by atoms with Crippen LogP contribution in [0.25, 0.3) is 0 Å². The van der Waals surface area contributed by atoms with Gasteiger partial charge in [0.1, 0.15) is 18.0 Å². The van der Waals surface area contributed by atoms with Crippen LogP contribution in [0.3, 0.4) is 0 Å². The molecular weight excluding hydrogens is 748 g/mol. The largest absolute Gasteiger partial charge is 0.454 e. The number of fused-ring (bicyclic) bond motifs is 3. The van der Waals surface area contributed by atoms with Gasteiger partial charge in [0.05, 0.1) is 27.8 Å². The first kappa shape index (κ1) is 38.1. The number of esters is 1. The Hall–Kier alpha value is -4.66. The van der Waals surface area contributed by atoms with Gasteiger partial charge in [-0.2, -0.15) is 17.6 Å². The second-order valence-electron chi connectivity index (χ2n) is 12.4. The molecule has 4 aromatic rings. The van der Waals surface area contributed by atoms with Crippen molar-refractivity contribution in [3.63, 3.8) is 0 Å². The van der Waals surface area contributed by atoms with Gasteiger partial charge in [0.2, 0.25) is 0 Å². The van der Waals surface area contributed by atoms with Crippen molar-refractivity contribution in [2.45, 2.75) is 51.2 Å². The van der Waals surface area contributed by atoms with E-state index in [9.17, 15) is 27.2 Å². The number of anilines is 1. The number of benzene rings is 3. The monoisotopic (exact) mass is 779 g/mol. The molecule has 4 heterocycles. The molecule has 1 aromatic heterocycles. The molecule has 2 bridgehead atoms. The average Bonchev–Trinajstić information content (AvgIpc) is 3.13. The summed E-state index contributed by atoms with van der Waals surface area (Å²) >= 11 is 12.7. The maximum atomic E-state index is 15.1. The molecule has 280 valence electrons. The lowest BCUT2D eigenvalue weighted by molar-refractivity contribution is -0.0693. The van der Waals surface area contributed by atoms with Crippen LogP contribution in [-0.4, -0.2) is 60.9 Å². The Kier molecular flexibility index (Phi) is 12.2. The minimum absolute atomic E-state index is 0.0142. The number of carbonyl (C=O) groups is 2. The Morgan fingerprint density at radius 2 is 1.58 bits per heavy atom. The molecule has 3 saturated heterocycles. The van der Waals surface area contributed by atoms with Crippen LogP contribution in [0.4, 0.5) is 32.4 Å². The Bertz CT molecular complexity index is 1910. The SMILES string of the molecule is O=C(O[C@H](Cc1c(Cl)cncc1Cl)c1ccc(OC(F)F)c(OC(F)F)c1)c1cccc(CN(C(=O)O[C@H]2CN3CCC2CC3)c2ccccc2F)c1. The van der Waals surface area contributed by atoms with E-state index in [1.165, 1.54) is 53.7 Å². The number of aromatic nitrogens is 1. The van der Waals surface area contributed by atoms with Gasteiger partial charge in [-0.15, -0.1) is 0 Å². The zero-order valence-electron chi connectivity index (χ0n) is 27.8. The summed E-state index contributed by atoms with van der Waals surface area (Å²) in [5, 5.41) is 0.223. The summed E-state index contributed by atoms with van der Waals surface area (Å²) < 4.78 is 88.3. The number of hydrogen-bond acceptors (Lipinski definition) is 8. The molecule has 0 radical (unpaired) electrons. The fourth-order valence-electron chi connectivity index (χ4n) is 6.48. The molecule has 53 heavy (non-hydrogen) atoms. The van der Waals surface area contributed by atoms with Gasteiger partial charge >= 0.3 is 25.3 Å². The fourth-order valence-corrected chi connectivity index (χ4v) is 7.00. The van der Waals surface area contributed by atoms with Crippen LogP contribution in [0.2, 0.25) is 10.0 Å². The first-order valence-corrected chi connectivity index (χ1v) is 17.3. The molecular formula is C37H32Cl2F5N3O6. The van der Waals surface area contributed by atoms with E-state index in [0.717, 1.165) is 38.1 Å². The minimum Gasteiger partial charge on any atom is -0.454 e. The van der Waals surface area contributed by atoms with Crippen LogP contribution in [0.1, 0.15) is 46.0 Å². The fraction of sp³-hybridized carbons (Fsp3) is 0.324. The topological polar surface area (TPSA) is 90.4 Å². The van der Waals surface area contributed by atoms with E-state index in [1.54, 1.807) is 18.2 Å². The number of alkyl halides is 4. The molecule has 0 spiro atoms. The molecule has 16 heteroatoms. The van der Waals surface area contributed by atoms with Gasteiger partial charge in [-0.3, -0.25) is 14.8 Å². The number of para-hydroxylation sites is 1. The summed E-state index contributed by atoms with van der Waals surface area (Å²) in [5.41, 5.74) is 0.768. The smallest absolute Gasteiger partial charge is 0.415 e. The number of ether oxygens (including phenoxy) is 4. The van der Waals surface area contributed by atoms with Gasteiger partial charge in [0.15, 0.2) is 11.5 Å².